The van der Waals surface area contributed by atoms with E-state index in [1.807, 2.05) is 6.07 Å². The predicted octanol–water partition coefficient (Wildman–Crippen LogP) is 5.61. The fourth-order valence-electron chi connectivity index (χ4n) is 4.44. The summed E-state index contributed by atoms with van der Waals surface area (Å²) in [6.07, 6.45) is 9.28. The van der Waals surface area contributed by atoms with Gasteiger partial charge in [0.05, 0.1) is 47.0 Å². The van der Waals surface area contributed by atoms with E-state index in [-0.39, 0.29) is 17.0 Å². The number of amides is 1. The molecule has 0 atom stereocenters. The van der Waals surface area contributed by atoms with Gasteiger partial charge in [-0.15, -0.1) is 0 Å². The predicted molar refractivity (Wildman–Crippen MR) is 142 cm³/mol. The van der Waals surface area contributed by atoms with Crippen molar-refractivity contribution < 1.29 is 13.6 Å². The zero-order valence-corrected chi connectivity index (χ0v) is 20.0. The van der Waals surface area contributed by atoms with Gasteiger partial charge in [-0.1, -0.05) is 18.2 Å². The molecule has 3 N–H and O–H groups in total. The molecule has 0 saturated heterocycles. The third-order valence-corrected chi connectivity index (χ3v) is 6.27. The number of H-pyrrole nitrogens is 2. The molecule has 0 saturated carbocycles. The average Bonchev–Trinajstić information content (AvgIpc) is 3.73. The van der Waals surface area contributed by atoms with E-state index in [2.05, 4.69) is 35.5 Å². The van der Waals surface area contributed by atoms with E-state index >= 15 is 4.39 Å². The molecule has 11 heteroatoms. The van der Waals surface area contributed by atoms with E-state index in [1.165, 1.54) is 18.6 Å². The van der Waals surface area contributed by atoms with Gasteiger partial charge < -0.3 is 14.7 Å². The number of rotatable bonds is 5. The van der Waals surface area contributed by atoms with Gasteiger partial charge >= 0.3 is 0 Å². The topological polar surface area (TPSA) is 138 Å². The molecule has 0 aliphatic carbocycles. The van der Waals surface area contributed by atoms with Gasteiger partial charge in [-0.3, -0.25) is 24.8 Å². The van der Waals surface area contributed by atoms with Gasteiger partial charge in [0.1, 0.15) is 22.6 Å². The zero-order valence-electron chi connectivity index (χ0n) is 20.0. The Balaban J connectivity index is 1.29. The van der Waals surface area contributed by atoms with Crippen molar-refractivity contribution >= 4 is 33.5 Å². The molecule has 7 aromatic rings. The smallest absolute Gasteiger partial charge is 0.255 e. The quantitative estimate of drug-likeness (QED) is 0.270. The Morgan fingerprint density at radius 3 is 2.67 bits per heavy atom. The third-order valence-electron chi connectivity index (χ3n) is 6.27. The van der Waals surface area contributed by atoms with Crippen LogP contribution in [0, 0.1) is 5.82 Å². The number of aromatic amines is 2. The highest BCUT2D eigenvalue weighted by molar-refractivity contribution is 6.04. The number of nitrogens with zero attached hydrogens (tertiary/aromatic N) is 5. The van der Waals surface area contributed by atoms with E-state index in [0.717, 1.165) is 5.56 Å². The summed E-state index contributed by atoms with van der Waals surface area (Å²) in [6.45, 7) is 0. The molecule has 0 unspecified atom stereocenters. The number of aromatic nitrogens is 7. The fourth-order valence-corrected chi connectivity index (χ4v) is 4.44. The number of halogens is 1. The average molecular weight is 516 g/mol. The molecule has 0 bridgehead atoms. The molecule has 39 heavy (non-hydrogen) atoms. The van der Waals surface area contributed by atoms with Crippen LogP contribution in [0.2, 0.25) is 0 Å². The summed E-state index contributed by atoms with van der Waals surface area (Å²) in [6, 6.07) is 14.0. The molecule has 0 spiro atoms. The molecule has 0 fully saturated rings. The van der Waals surface area contributed by atoms with Crippen LogP contribution in [0.5, 0.6) is 0 Å². The van der Waals surface area contributed by atoms with Gasteiger partial charge in [0.15, 0.2) is 11.6 Å². The second-order valence-corrected chi connectivity index (χ2v) is 8.72. The summed E-state index contributed by atoms with van der Waals surface area (Å²) in [5.41, 5.74) is 4.78. The highest BCUT2D eigenvalue weighted by atomic mass is 19.1. The fraction of sp³-hybridized carbons (Fsp3) is 0. The molecule has 188 valence electrons. The van der Waals surface area contributed by atoms with Crippen molar-refractivity contribution in [1.82, 2.24) is 35.1 Å². The van der Waals surface area contributed by atoms with Crippen LogP contribution in [0.1, 0.15) is 10.4 Å². The maximum absolute atomic E-state index is 16.0. The van der Waals surface area contributed by atoms with Gasteiger partial charge in [-0.2, -0.15) is 5.10 Å². The molecule has 7 rings (SSSR count). The van der Waals surface area contributed by atoms with Crippen LogP contribution < -0.4 is 5.32 Å². The van der Waals surface area contributed by atoms with Crippen LogP contribution in [0.15, 0.2) is 90.3 Å². The van der Waals surface area contributed by atoms with Crippen LogP contribution in [-0.4, -0.2) is 41.0 Å². The molecule has 10 nitrogen and oxygen atoms in total. The normalized spacial score (nSPS) is 11.3. The number of hydrogen-bond donors (Lipinski definition) is 3. The first-order valence-electron chi connectivity index (χ1n) is 11.9. The van der Waals surface area contributed by atoms with Crippen molar-refractivity contribution in [1.29, 1.82) is 0 Å². The van der Waals surface area contributed by atoms with Gasteiger partial charge in [-0.05, 0) is 30.3 Å². The van der Waals surface area contributed by atoms with E-state index < -0.39 is 5.82 Å². The summed E-state index contributed by atoms with van der Waals surface area (Å²) in [4.78, 5) is 33.4. The first-order chi connectivity index (χ1) is 19.2. The highest BCUT2D eigenvalue weighted by Crippen LogP contribution is 2.34. The molecular formula is C28H17FN8O2. The Morgan fingerprint density at radius 2 is 1.82 bits per heavy atom. The number of carbonyl (C=O) groups is 1. The molecule has 1 amide bonds. The largest absolute Gasteiger partial charge is 0.472 e. The number of anilines is 1. The minimum Gasteiger partial charge on any atom is -0.472 e. The number of pyridine rings is 3. The summed E-state index contributed by atoms with van der Waals surface area (Å²) in [5, 5.41) is 10.2. The summed E-state index contributed by atoms with van der Waals surface area (Å²) >= 11 is 0. The second kappa shape index (κ2) is 8.99. The number of benzene rings is 1. The van der Waals surface area contributed by atoms with Crippen molar-refractivity contribution in [3.63, 3.8) is 0 Å². The van der Waals surface area contributed by atoms with Crippen LogP contribution in [0.4, 0.5) is 10.1 Å². The van der Waals surface area contributed by atoms with Gasteiger partial charge in [0.2, 0.25) is 0 Å². The number of carbonyl (C=O) groups excluding carboxylic acids is 1. The van der Waals surface area contributed by atoms with Crippen molar-refractivity contribution in [2.45, 2.75) is 0 Å². The number of fused-ring (bicyclic) bond motifs is 2. The van der Waals surface area contributed by atoms with Gasteiger partial charge in [0.25, 0.3) is 5.91 Å². The molecule has 0 aliphatic rings. The third kappa shape index (κ3) is 3.89. The summed E-state index contributed by atoms with van der Waals surface area (Å²) in [7, 11) is 0. The molecular weight excluding hydrogens is 499 g/mol. The van der Waals surface area contributed by atoms with Crippen molar-refractivity contribution in [2.24, 2.45) is 0 Å². The molecule has 0 radical (unpaired) electrons. The lowest BCUT2D eigenvalue weighted by molar-refractivity contribution is 0.102. The van der Waals surface area contributed by atoms with Crippen LogP contribution in [0.25, 0.3) is 56.0 Å². The Bertz CT molecular complexity index is 1980. The maximum Gasteiger partial charge on any atom is 0.255 e. The molecule has 0 aliphatic heterocycles. The first-order valence-corrected chi connectivity index (χ1v) is 11.9. The minimum atomic E-state index is -0.599. The van der Waals surface area contributed by atoms with Crippen molar-refractivity contribution in [3.05, 3.63) is 97.2 Å². The maximum atomic E-state index is 16.0. The molecule has 1 aromatic carbocycles. The standard InChI is InChI=1S/C28H17FN8O2/c29-22-21-20(13-32-23(22)17-10-18(12-30-11-17)33-28(38)15-4-2-1-3-5-15)36-37-26(21)27-34-19-6-8-31-24(25(19)35-27)16-7-9-39-14-16/h1-14H,(H,33,38)(H,34,35)(H,36,37). The number of nitrogens with one attached hydrogen (secondary N) is 3. The molecule has 6 heterocycles. The van der Waals surface area contributed by atoms with E-state index in [9.17, 15) is 4.79 Å². The number of furan rings is 1. The Kier molecular flexibility index (Phi) is 5.18. The molecule has 6 aromatic heterocycles. The minimum absolute atomic E-state index is 0.0605. The summed E-state index contributed by atoms with van der Waals surface area (Å²) in [5.74, 6) is -0.532. The monoisotopic (exact) mass is 516 g/mol. The van der Waals surface area contributed by atoms with Gasteiger partial charge in [-0.25, -0.2) is 9.37 Å². The van der Waals surface area contributed by atoms with E-state index in [1.54, 1.807) is 61.2 Å². The van der Waals surface area contributed by atoms with Crippen LogP contribution in [0.3, 0.4) is 0 Å². The Labute approximate surface area is 219 Å². The summed E-state index contributed by atoms with van der Waals surface area (Å²) < 4.78 is 21.2. The van der Waals surface area contributed by atoms with Crippen molar-refractivity contribution in [3.8, 4) is 34.0 Å². The number of hydrogen-bond acceptors (Lipinski definition) is 7. The lowest BCUT2D eigenvalue weighted by atomic mass is 10.1. The van der Waals surface area contributed by atoms with E-state index in [4.69, 9.17) is 9.40 Å². The lowest BCUT2D eigenvalue weighted by Gasteiger charge is -2.08. The Hall–Kier alpha value is -5.71. The SMILES string of the molecule is O=C(Nc1cncc(-c2ncc3[nH]nc(-c4nc5c(-c6ccoc6)nccc5[nH]4)c3c2F)c1)c1ccccc1. The zero-order chi connectivity index (χ0) is 26.3. The Morgan fingerprint density at radius 1 is 0.923 bits per heavy atom. The van der Waals surface area contributed by atoms with Crippen LogP contribution >= 0.6 is 0 Å². The lowest BCUT2D eigenvalue weighted by Crippen LogP contribution is -2.11. The van der Waals surface area contributed by atoms with Gasteiger partial charge in [0, 0.05) is 29.1 Å². The number of imidazole rings is 1. The van der Waals surface area contributed by atoms with Crippen LogP contribution in [-0.2, 0) is 0 Å². The highest BCUT2D eigenvalue weighted by Gasteiger charge is 2.22. The van der Waals surface area contributed by atoms with E-state index in [0.29, 0.717) is 50.6 Å². The second-order valence-electron chi connectivity index (χ2n) is 8.72. The first kappa shape index (κ1) is 22.5. The van der Waals surface area contributed by atoms with Crippen molar-refractivity contribution in [2.75, 3.05) is 5.32 Å².